The molecule has 0 spiro atoms. The molecule has 1 unspecified atom stereocenters. The van der Waals surface area contributed by atoms with Crippen LogP contribution in [0.5, 0.6) is 0 Å². The summed E-state index contributed by atoms with van der Waals surface area (Å²) in [4.78, 5) is 21.5. The zero-order chi connectivity index (χ0) is 11.0. The Bertz CT molecular complexity index is 194. The zero-order valence-electron chi connectivity index (χ0n) is 8.71. The van der Waals surface area contributed by atoms with Gasteiger partial charge in [0.2, 0.25) is 5.91 Å². The van der Waals surface area contributed by atoms with Crippen LogP contribution >= 0.6 is 0 Å². The second-order valence-electron chi connectivity index (χ2n) is 3.21. The Morgan fingerprint density at radius 2 is 2.14 bits per heavy atom. The number of primary amides is 1. The first-order chi connectivity index (χ1) is 6.56. The molecule has 5 heteroatoms. The number of hydrogen-bond acceptors (Lipinski definition) is 3. The smallest absolute Gasteiger partial charge is 0.407 e. The molecular weight excluding hydrogens is 184 g/mol. The third-order valence-electron chi connectivity index (χ3n) is 1.60. The number of nitrogens with two attached hydrogens (primary N) is 1. The van der Waals surface area contributed by atoms with Gasteiger partial charge in [-0.1, -0.05) is 13.3 Å². The van der Waals surface area contributed by atoms with Crippen LogP contribution in [0.4, 0.5) is 4.79 Å². The molecule has 0 radical (unpaired) electrons. The first kappa shape index (κ1) is 12.7. The average Bonchev–Trinajstić information content (AvgIpc) is 2.02. The number of carbonyl (C=O) groups excluding carboxylic acids is 2. The lowest BCUT2D eigenvalue weighted by molar-refractivity contribution is -0.118. The van der Waals surface area contributed by atoms with Gasteiger partial charge in [-0.15, -0.1) is 0 Å². The van der Waals surface area contributed by atoms with E-state index in [1.165, 1.54) is 0 Å². The van der Waals surface area contributed by atoms with Crippen LogP contribution in [0.3, 0.4) is 0 Å². The number of hydrogen-bond donors (Lipinski definition) is 2. The van der Waals surface area contributed by atoms with Crippen LogP contribution in [0, 0.1) is 0 Å². The fraction of sp³-hybridized carbons (Fsp3) is 0.778. The van der Waals surface area contributed by atoms with Crippen molar-refractivity contribution in [1.82, 2.24) is 5.32 Å². The Morgan fingerprint density at radius 1 is 1.50 bits per heavy atom. The van der Waals surface area contributed by atoms with Gasteiger partial charge in [0.25, 0.3) is 0 Å². The maximum Gasteiger partial charge on any atom is 0.407 e. The van der Waals surface area contributed by atoms with Gasteiger partial charge in [-0.2, -0.15) is 0 Å². The summed E-state index contributed by atoms with van der Waals surface area (Å²) in [5.41, 5.74) is 4.96. The van der Waals surface area contributed by atoms with Crippen molar-refractivity contribution in [3.8, 4) is 0 Å². The van der Waals surface area contributed by atoms with Crippen molar-refractivity contribution in [3.05, 3.63) is 0 Å². The first-order valence-electron chi connectivity index (χ1n) is 4.77. The van der Waals surface area contributed by atoms with Crippen molar-refractivity contribution >= 4 is 12.0 Å². The van der Waals surface area contributed by atoms with Gasteiger partial charge in [-0.3, -0.25) is 4.79 Å². The van der Waals surface area contributed by atoms with Crippen molar-refractivity contribution in [3.63, 3.8) is 0 Å². The largest absolute Gasteiger partial charge is 0.450 e. The summed E-state index contributed by atoms with van der Waals surface area (Å²) in [6, 6.07) is -0.276. The van der Waals surface area contributed by atoms with Crippen LogP contribution in [-0.2, 0) is 9.53 Å². The number of nitrogens with one attached hydrogen (secondary N) is 1. The van der Waals surface area contributed by atoms with Gasteiger partial charge in [0.05, 0.1) is 6.61 Å². The molecule has 1 atom stereocenters. The summed E-state index contributed by atoms with van der Waals surface area (Å²) in [7, 11) is 0. The lowest BCUT2D eigenvalue weighted by Crippen LogP contribution is -2.36. The molecule has 0 rings (SSSR count). The maximum absolute atomic E-state index is 11.0. The van der Waals surface area contributed by atoms with Gasteiger partial charge in [-0.05, 0) is 13.3 Å². The fourth-order valence-electron chi connectivity index (χ4n) is 0.905. The SMILES string of the molecule is CCCCOC(=O)NC(C)CC(N)=O. The van der Waals surface area contributed by atoms with Crippen LogP contribution in [0.2, 0.25) is 0 Å². The Labute approximate surface area is 84.0 Å². The van der Waals surface area contributed by atoms with E-state index in [4.69, 9.17) is 10.5 Å². The Kier molecular flexibility index (Phi) is 6.53. The Balaban J connectivity index is 3.55. The van der Waals surface area contributed by atoms with E-state index in [2.05, 4.69) is 5.32 Å². The highest BCUT2D eigenvalue weighted by molar-refractivity contribution is 5.75. The zero-order valence-corrected chi connectivity index (χ0v) is 8.71. The van der Waals surface area contributed by atoms with Crippen LogP contribution in [-0.4, -0.2) is 24.6 Å². The molecule has 0 aliphatic rings. The van der Waals surface area contributed by atoms with Crippen LogP contribution in [0.25, 0.3) is 0 Å². The molecule has 82 valence electrons. The van der Waals surface area contributed by atoms with Gasteiger partial charge in [0, 0.05) is 12.5 Å². The molecule has 0 aromatic rings. The Morgan fingerprint density at radius 3 is 2.64 bits per heavy atom. The summed E-state index contributed by atoms with van der Waals surface area (Å²) in [6.45, 7) is 4.12. The topological polar surface area (TPSA) is 81.4 Å². The third kappa shape index (κ3) is 7.39. The van der Waals surface area contributed by atoms with E-state index in [1.807, 2.05) is 6.92 Å². The lowest BCUT2D eigenvalue weighted by atomic mass is 10.2. The predicted molar refractivity (Wildman–Crippen MR) is 52.7 cm³/mol. The van der Waals surface area contributed by atoms with Crippen molar-refractivity contribution in [1.29, 1.82) is 0 Å². The standard InChI is InChI=1S/C9H18N2O3/c1-3-4-5-14-9(13)11-7(2)6-8(10)12/h7H,3-6H2,1-2H3,(H2,10,12)(H,11,13). The van der Waals surface area contributed by atoms with Crippen molar-refractivity contribution in [2.75, 3.05) is 6.61 Å². The van der Waals surface area contributed by atoms with E-state index in [1.54, 1.807) is 6.92 Å². The monoisotopic (exact) mass is 202 g/mol. The van der Waals surface area contributed by atoms with Crippen molar-refractivity contribution < 1.29 is 14.3 Å². The van der Waals surface area contributed by atoms with E-state index in [-0.39, 0.29) is 12.5 Å². The van der Waals surface area contributed by atoms with Crippen molar-refractivity contribution in [2.24, 2.45) is 5.73 Å². The molecule has 2 amide bonds. The highest BCUT2D eigenvalue weighted by Crippen LogP contribution is 1.92. The number of unbranched alkanes of at least 4 members (excludes halogenated alkanes) is 1. The number of alkyl carbamates (subject to hydrolysis) is 1. The minimum Gasteiger partial charge on any atom is -0.450 e. The van der Waals surface area contributed by atoms with Crippen LogP contribution in [0.15, 0.2) is 0 Å². The lowest BCUT2D eigenvalue weighted by Gasteiger charge is -2.11. The van der Waals surface area contributed by atoms with E-state index in [9.17, 15) is 9.59 Å². The predicted octanol–water partition coefficient (Wildman–Crippen LogP) is 0.777. The van der Waals surface area contributed by atoms with Gasteiger partial charge in [0.1, 0.15) is 0 Å². The van der Waals surface area contributed by atoms with Crippen LogP contribution < -0.4 is 11.1 Å². The second-order valence-corrected chi connectivity index (χ2v) is 3.21. The summed E-state index contributed by atoms with van der Waals surface area (Å²) in [5.74, 6) is -0.439. The molecule has 0 bridgehead atoms. The highest BCUT2D eigenvalue weighted by atomic mass is 16.5. The van der Waals surface area contributed by atoms with Gasteiger partial charge in [0.15, 0.2) is 0 Å². The van der Waals surface area contributed by atoms with E-state index >= 15 is 0 Å². The fourth-order valence-corrected chi connectivity index (χ4v) is 0.905. The van der Waals surface area contributed by atoms with Crippen molar-refractivity contribution in [2.45, 2.75) is 39.2 Å². The van der Waals surface area contributed by atoms with Crippen LogP contribution in [0.1, 0.15) is 33.1 Å². The molecule has 3 N–H and O–H groups in total. The molecule has 14 heavy (non-hydrogen) atoms. The average molecular weight is 202 g/mol. The normalized spacial score (nSPS) is 11.9. The molecule has 0 fully saturated rings. The number of rotatable bonds is 6. The van der Waals surface area contributed by atoms with Gasteiger partial charge >= 0.3 is 6.09 Å². The Hall–Kier alpha value is -1.26. The molecule has 0 aromatic heterocycles. The highest BCUT2D eigenvalue weighted by Gasteiger charge is 2.09. The minimum absolute atomic E-state index is 0.128. The van der Waals surface area contributed by atoms with E-state index in [0.717, 1.165) is 12.8 Å². The summed E-state index contributed by atoms with van der Waals surface area (Å²) < 4.78 is 4.83. The molecule has 0 aliphatic carbocycles. The van der Waals surface area contributed by atoms with E-state index in [0.29, 0.717) is 6.61 Å². The second kappa shape index (κ2) is 7.17. The number of carbonyl (C=O) groups is 2. The molecule has 0 heterocycles. The molecule has 0 saturated carbocycles. The molecule has 0 aromatic carbocycles. The maximum atomic E-state index is 11.0. The van der Waals surface area contributed by atoms with Gasteiger partial charge in [-0.25, -0.2) is 4.79 Å². The summed E-state index contributed by atoms with van der Waals surface area (Å²) >= 11 is 0. The van der Waals surface area contributed by atoms with E-state index < -0.39 is 12.0 Å². The molecule has 0 saturated heterocycles. The quantitative estimate of drug-likeness (QED) is 0.624. The summed E-state index contributed by atoms with van der Waals surface area (Å²) in [5, 5.41) is 2.51. The van der Waals surface area contributed by atoms with Gasteiger partial charge < -0.3 is 15.8 Å². The first-order valence-corrected chi connectivity index (χ1v) is 4.77. The minimum atomic E-state index is -0.493. The number of ether oxygens (including phenoxy) is 1. The molecule has 0 aliphatic heterocycles. The summed E-state index contributed by atoms with van der Waals surface area (Å²) in [6.07, 6.45) is 1.46. The number of amides is 2. The third-order valence-corrected chi connectivity index (χ3v) is 1.60. The molecule has 5 nitrogen and oxygen atoms in total. The molecular formula is C9H18N2O3.